The van der Waals surface area contributed by atoms with Crippen LogP contribution in [0.15, 0.2) is 36.4 Å². The minimum Gasteiger partial charge on any atom is -0.399 e. The number of carbonyl (C=O) groups is 1. The van der Waals surface area contributed by atoms with E-state index in [-0.39, 0.29) is 11.9 Å². The Labute approximate surface area is 134 Å². The minimum absolute atomic E-state index is 0.156. The number of nitrogens with two attached hydrogens (primary N) is 1. The topological polar surface area (TPSA) is 55.1 Å². The number of aryl methyl sites for hydroxylation is 1. The van der Waals surface area contributed by atoms with Crippen molar-refractivity contribution in [3.8, 4) is 0 Å². The second-order valence-corrected chi connectivity index (χ2v) is 5.75. The molecule has 2 aromatic carbocycles. The highest BCUT2D eigenvalue weighted by Gasteiger charge is 2.13. The Morgan fingerprint density at radius 1 is 1.14 bits per heavy atom. The molecule has 110 valence electrons. The lowest BCUT2D eigenvalue weighted by Gasteiger charge is -2.15. The van der Waals surface area contributed by atoms with E-state index in [4.69, 9.17) is 28.9 Å². The summed E-state index contributed by atoms with van der Waals surface area (Å²) in [4.78, 5) is 12.2. The van der Waals surface area contributed by atoms with Gasteiger partial charge in [-0.05, 0) is 55.3 Å². The summed E-state index contributed by atoms with van der Waals surface area (Å²) in [5.74, 6) is -0.156. The van der Waals surface area contributed by atoms with Crippen molar-refractivity contribution >= 4 is 34.8 Å². The van der Waals surface area contributed by atoms with Crippen LogP contribution < -0.4 is 11.1 Å². The van der Waals surface area contributed by atoms with Crippen LogP contribution in [0.1, 0.15) is 34.5 Å². The van der Waals surface area contributed by atoms with Crippen LogP contribution >= 0.6 is 23.2 Å². The normalized spacial score (nSPS) is 12.0. The monoisotopic (exact) mass is 322 g/mol. The molecule has 0 aliphatic carbocycles. The summed E-state index contributed by atoms with van der Waals surface area (Å²) in [6.45, 7) is 3.76. The van der Waals surface area contributed by atoms with Crippen LogP contribution in [-0.4, -0.2) is 5.91 Å². The van der Waals surface area contributed by atoms with Crippen LogP contribution in [0, 0.1) is 6.92 Å². The number of nitrogens with one attached hydrogen (secondary N) is 1. The molecule has 0 spiro atoms. The number of benzene rings is 2. The zero-order chi connectivity index (χ0) is 15.6. The summed E-state index contributed by atoms with van der Waals surface area (Å²) in [5, 5.41) is 3.89. The Morgan fingerprint density at radius 2 is 1.86 bits per heavy atom. The molecule has 1 atom stereocenters. The number of nitrogen functional groups attached to an aromatic ring is 1. The Hall–Kier alpha value is -1.71. The standard InChI is InChI=1S/C16H16Cl2N2O/c1-9-7-12(4-6-15(9)19)16(21)20-10(2)11-3-5-13(17)14(18)8-11/h3-8,10H,19H2,1-2H3,(H,20,21). The maximum atomic E-state index is 12.2. The lowest BCUT2D eigenvalue weighted by Crippen LogP contribution is -2.26. The molecule has 0 heterocycles. The summed E-state index contributed by atoms with van der Waals surface area (Å²) in [7, 11) is 0. The van der Waals surface area contributed by atoms with Crippen molar-refractivity contribution in [3.05, 3.63) is 63.1 Å². The first-order valence-electron chi connectivity index (χ1n) is 6.50. The van der Waals surface area contributed by atoms with Gasteiger partial charge in [-0.2, -0.15) is 0 Å². The summed E-state index contributed by atoms with van der Waals surface area (Å²) >= 11 is 11.9. The second-order valence-electron chi connectivity index (χ2n) is 4.94. The van der Waals surface area contributed by atoms with Crippen LogP contribution in [0.3, 0.4) is 0 Å². The Balaban J connectivity index is 2.14. The number of hydrogen-bond acceptors (Lipinski definition) is 2. The van der Waals surface area contributed by atoms with Gasteiger partial charge in [-0.1, -0.05) is 29.3 Å². The molecule has 1 unspecified atom stereocenters. The molecule has 2 aromatic rings. The van der Waals surface area contributed by atoms with Gasteiger partial charge < -0.3 is 11.1 Å². The number of halogens is 2. The van der Waals surface area contributed by atoms with Gasteiger partial charge in [-0.25, -0.2) is 0 Å². The molecular formula is C16H16Cl2N2O. The highest BCUT2D eigenvalue weighted by molar-refractivity contribution is 6.42. The Bertz CT molecular complexity index is 686. The van der Waals surface area contributed by atoms with Crippen molar-refractivity contribution in [1.29, 1.82) is 0 Å². The highest BCUT2D eigenvalue weighted by Crippen LogP contribution is 2.25. The van der Waals surface area contributed by atoms with Gasteiger partial charge in [0.2, 0.25) is 0 Å². The third-order valence-corrected chi connectivity index (χ3v) is 4.06. The molecule has 5 heteroatoms. The lowest BCUT2D eigenvalue weighted by molar-refractivity contribution is 0.0940. The number of rotatable bonds is 3. The van der Waals surface area contributed by atoms with E-state index in [1.54, 1.807) is 30.3 Å². The van der Waals surface area contributed by atoms with Crippen LogP contribution in [0.25, 0.3) is 0 Å². The smallest absolute Gasteiger partial charge is 0.251 e. The first-order chi connectivity index (χ1) is 9.88. The van der Waals surface area contributed by atoms with Gasteiger partial charge in [0.05, 0.1) is 16.1 Å². The van der Waals surface area contributed by atoms with Crippen molar-refractivity contribution in [2.75, 3.05) is 5.73 Å². The summed E-state index contributed by atoms with van der Waals surface area (Å²) in [6.07, 6.45) is 0. The summed E-state index contributed by atoms with van der Waals surface area (Å²) < 4.78 is 0. The van der Waals surface area contributed by atoms with Gasteiger partial charge in [0.15, 0.2) is 0 Å². The maximum Gasteiger partial charge on any atom is 0.251 e. The Kier molecular flexibility index (Phi) is 4.76. The maximum absolute atomic E-state index is 12.2. The van der Waals surface area contributed by atoms with Crippen molar-refractivity contribution in [2.24, 2.45) is 0 Å². The van der Waals surface area contributed by atoms with E-state index >= 15 is 0 Å². The zero-order valence-electron chi connectivity index (χ0n) is 11.8. The van der Waals surface area contributed by atoms with Crippen molar-refractivity contribution < 1.29 is 4.79 Å². The molecular weight excluding hydrogens is 307 g/mol. The molecule has 0 fully saturated rings. The van der Waals surface area contributed by atoms with Crippen molar-refractivity contribution in [2.45, 2.75) is 19.9 Å². The van der Waals surface area contributed by atoms with Gasteiger partial charge in [-0.3, -0.25) is 4.79 Å². The van der Waals surface area contributed by atoms with Gasteiger partial charge in [0.25, 0.3) is 5.91 Å². The quantitative estimate of drug-likeness (QED) is 0.824. The fourth-order valence-electron chi connectivity index (χ4n) is 1.96. The number of anilines is 1. The van der Waals surface area contributed by atoms with Crippen molar-refractivity contribution in [3.63, 3.8) is 0 Å². The van der Waals surface area contributed by atoms with E-state index in [0.717, 1.165) is 11.1 Å². The third-order valence-electron chi connectivity index (χ3n) is 3.32. The summed E-state index contributed by atoms with van der Waals surface area (Å²) in [5.41, 5.74) is 8.77. The third kappa shape index (κ3) is 3.69. The predicted molar refractivity (Wildman–Crippen MR) is 87.9 cm³/mol. The van der Waals surface area contributed by atoms with Crippen LogP contribution in [0.5, 0.6) is 0 Å². The van der Waals surface area contributed by atoms with E-state index in [1.165, 1.54) is 0 Å². The van der Waals surface area contributed by atoms with Crippen molar-refractivity contribution in [1.82, 2.24) is 5.32 Å². The molecule has 3 N–H and O–H groups in total. The van der Waals surface area contributed by atoms with E-state index in [9.17, 15) is 4.79 Å². The largest absolute Gasteiger partial charge is 0.399 e. The predicted octanol–water partition coefficient (Wildman–Crippen LogP) is 4.38. The number of hydrogen-bond donors (Lipinski definition) is 2. The molecule has 0 aliphatic rings. The SMILES string of the molecule is Cc1cc(C(=O)NC(C)c2ccc(Cl)c(Cl)c2)ccc1N. The van der Waals surface area contributed by atoms with E-state index in [1.807, 2.05) is 19.9 Å². The highest BCUT2D eigenvalue weighted by atomic mass is 35.5. The molecule has 0 saturated carbocycles. The number of carbonyl (C=O) groups excluding carboxylic acids is 1. The fourth-order valence-corrected chi connectivity index (χ4v) is 2.27. The van der Waals surface area contributed by atoms with Crippen LogP contribution in [0.2, 0.25) is 10.0 Å². The van der Waals surface area contributed by atoms with E-state index in [0.29, 0.717) is 21.3 Å². The van der Waals surface area contributed by atoms with Gasteiger partial charge in [0.1, 0.15) is 0 Å². The lowest BCUT2D eigenvalue weighted by atomic mass is 10.1. The molecule has 1 amide bonds. The number of amides is 1. The van der Waals surface area contributed by atoms with Gasteiger partial charge in [0, 0.05) is 11.3 Å². The molecule has 0 aromatic heterocycles. The minimum atomic E-state index is -0.176. The van der Waals surface area contributed by atoms with E-state index < -0.39 is 0 Å². The molecule has 0 bridgehead atoms. The summed E-state index contributed by atoms with van der Waals surface area (Å²) in [6, 6.07) is 10.3. The van der Waals surface area contributed by atoms with Crippen LogP contribution in [0.4, 0.5) is 5.69 Å². The van der Waals surface area contributed by atoms with Crippen LogP contribution in [-0.2, 0) is 0 Å². The average molecular weight is 323 g/mol. The molecule has 0 aliphatic heterocycles. The molecule has 21 heavy (non-hydrogen) atoms. The first kappa shape index (κ1) is 15.7. The zero-order valence-corrected chi connectivity index (χ0v) is 13.3. The van der Waals surface area contributed by atoms with Gasteiger partial charge in [-0.15, -0.1) is 0 Å². The molecule has 0 radical (unpaired) electrons. The Morgan fingerprint density at radius 3 is 2.48 bits per heavy atom. The molecule has 2 rings (SSSR count). The first-order valence-corrected chi connectivity index (χ1v) is 7.26. The second kappa shape index (κ2) is 6.37. The average Bonchev–Trinajstić information content (AvgIpc) is 2.44. The van der Waals surface area contributed by atoms with E-state index in [2.05, 4.69) is 5.32 Å². The molecule has 3 nitrogen and oxygen atoms in total. The van der Waals surface area contributed by atoms with Gasteiger partial charge >= 0.3 is 0 Å². The fraction of sp³-hybridized carbons (Fsp3) is 0.188. The molecule has 0 saturated heterocycles.